The molecule has 132 valence electrons. The average molecular weight is 338 g/mol. The van der Waals surface area contributed by atoms with Crippen LogP contribution in [0, 0.1) is 5.92 Å². The number of hydrogen-bond acceptors (Lipinski definition) is 3. The third-order valence-electron chi connectivity index (χ3n) is 4.67. The number of rotatable bonds is 6. The van der Waals surface area contributed by atoms with Crippen molar-refractivity contribution in [3.05, 3.63) is 60.2 Å². The maximum absolute atomic E-state index is 12.2. The summed E-state index contributed by atoms with van der Waals surface area (Å²) in [7, 11) is 0. The van der Waals surface area contributed by atoms with Gasteiger partial charge in [-0.05, 0) is 55.5 Å². The van der Waals surface area contributed by atoms with E-state index in [0.29, 0.717) is 12.3 Å². The van der Waals surface area contributed by atoms with Crippen molar-refractivity contribution in [3.8, 4) is 0 Å². The van der Waals surface area contributed by atoms with Gasteiger partial charge < -0.3 is 15.4 Å². The largest absolute Gasteiger partial charge is 0.381 e. The third-order valence-corrected chi connectivity index (χ3v) is 4.67. The molecule has 1 aliphatic rings. The Morgan fingerprint density at radius 2 is 1.68 bits per heavy atom. The van der Waals surface area contributed by atoms with Crippen molar-refractivity contribution in [1.82, 2.24) is 0 Å². The zero-order chi connectivity index (χ0) is 17.5. The van der Waals surface area contributed by atoms with Gasteiger partial charge in [-0.25, -0.2) is 0 Å². The molecule has 0 aliphatic carbocycles. The molecule has 3 rings (SSSR count). The molecule has 1 saturated heterocycles. The van der Waals surface area contributed by atoms with Crippen molar-refractivity contribution >= 4 is 17.3 Å². The molecular weight excluding hydrogens is 312 g/mol. The van der Waals surface area contributed by atoms with Gasteiger partial charge in [-0.3, -0.25) is 4.79 Å². The molecule has 0 aromatic heterocycles. The van der Waals surface area contributed by atoms with Crippen LogP contribution in [0.5, 0.6) is 0 Å². The second-order valence-electron chi connectivity index (χ2n) is 6.66. The lowest BCUT2D eigenvalue weighted by Gasteiger charge is -2.21. The number of ether oxygens (including phenoxy) is 1. The summed E-state index contributed by atoms with van der Waals surface area (Å²) in [5.41, 5.74) is 3.13. The van der Waals surface area contributed by atoms with Crippen molar-refractivity contribution in [2.45, 2.75) is 32.2 Å². The molecule has 4 heteroatoms. The Hall–Kier alpha value is -2.33. The molecule has 2 aromatic rings. The van der Waals surface area contributed by atoms with Crippen molar-refractivity contribution in [2.75, 3.05) is 23.8 Å². The Kier molecular flexibility index (Phi) is 6.07. The predicted molar refractivity (Wildman–Crippen MR) is 102 cm³/mol. The highest BCUT2D eigenvalue weighted by Crippen LogP contribution is 2.22. The van der Waals surface area contributed by atoms with Gasteiger partial charge in [0.2, 0.25) is 5.91 Å². The average Bonchev–Trinajstić information content (AvgIpc) is 2.65. The van der Waals surface area contributed by atoms with Crippen LogP contribution in [-0.2, 0) is 9.53 Å². The number of carbonyl (C=O) groups is 1. The number of anilines is 2. The van der Waals surface area contributed by atoms with Gasteiger partial charge in [0.15, 0.2) is 0 Å². The van der Waals surface area contributed by atoms with E-state index in [1.165, 1.54) is 5.56 Å². The fraction of sp³-hybridized carbons (Fsp3) is 0.381. The number of hydrogen-bond donors (Lipinski definition) is 2. The van der Waals surface area contributed by atoms with Crippen LogP contribution in [0.3, 0.4) is 0 Å². The molecule has 25 heavy (non-hydrogen) atoms. The molecule has 1 amide bonds. The number of amides is 1. The summed E-state index contributed by atoms with van der Waals surface area (Å²) in [6.07, 6.45) is 2.54. The van der Waals surface area contributed by atoms with E-state index in [2.05, 4.69) is 29.7 Å². The molecule has 4 nitrogen and oxygen atoms in total. The van der Waals surface area contributed by atoms with Gasteiger partial charge >= 0.3 is 0 Å². The monoisotopic (exact) mass is 338 g/mol. The second-order valence-corrected chi connectivity index (χ2v) is 6.66. The van der Waals surface area contributed by atoms with Crippen molar-refractivity contribution in [3.63, 3.8) is 0 Å². The SMILES string of the molecule is C[C@@H](Nc1ccc(NC(=O)CC2CCOCC2)cc1)c1ccccc1. The zero-order valence-electron chi connectivity index (χ0n) is 14.7. The van der Waals surface area contributed by atoms with Gasteiger partial charge in [-0.15, -0.1) is 0 Å². The lowest BCUT2D eigenvalue weighted by molar-refractivity contribution is -0.117. The summed E-state index contributed by atoms with van der Waals surface area (Å²) in [4.78, 5) is 12.2. The Morgan fingerprint density at radius 3 is 2.36 bits per heavy atom. The summed E-state index contributed by atoms with van der Waals surface area (Å²) in [6, 6.07) is 18.5. The van der Waals surface area contributed by atoms with Gasteiger partial charge in [0, 0.05) is 37.1 Å². The summed E-state index contributed by atoms with van der Waals surface area (Å²) in [5, 5.41) is 6.47. The van der Waals surface area contributed by atoms with Gasteiger partial charge in [-0.2, -0.15) is 0 Å². The van der Waals surface area contributed by atoms with E-state index < -0.39 is 0 Å². The summed E-state index contributed by atoms with van der Waals surface area (Å²) in [5.74, 6) is 0.534. The Bertz CT molecular complexity index is 664. The molecule has 0 unspecified atom stereocenters. The normalized spacial score (nSPS) is 16.2. The highest BCUT2D eigenvalue weighted by molar-refractivity contribution is 5.91. The van der Waals surface area contributed by atoms with Gasteiger partial charge in [0.1, 0.15) is 0 Å². The highest BCUT2D eigenvalue weighted by Gasteiger charge is 2.17. The Morgan fingerprint density at radius 1 is 1.04 bits per heavy atom. The quantitative estimate of drug-likeness (QED) is 0.808. The highest BCUT2D eigenvalue weighted by atomic mass is 16.5. The first-order valence-corrected chi connectivity index (χ1v) is 9.00. The van der Waals surface area contributed by atoms with Crippen molar-refractivity contribution in [1.29, 1.82) is 0 Å². The fourth-order valence-electron chi connectivity index (χ4n) is 3.15. The maximum Gasteiger partial charge on any atom is 0.224 e. The summed E-state index contributed by atoms with van der Waals surface area (Å²) >= 11 is 0. The van der Waals surface area contributed by atoms with E-state index in [1.807, 2.05) is 42.5 Å². The Balaban J connectivity index is 1.50. The lowest BCUT2D eigenvalue weighted by Crippen LogP contribution is -2.22. The van der Waals surface area contributed by atoms with Crippen LogP contribution in [0.2, 0.25) is 0 Å². The molecule has 0 radical (unpaired) electrons. The summed E-state index contributed by atoms with van der Waals surface area (Å²) in [6.45, 7) is 3.69. The maximum atomic E-state index is 12.2. The van der Waals surface area contributed by atoms with Crippen LogP contribution in [0.1, 0.15) is 37.8 Å². The lowest BCUT2D eigenvalue weighted by atomic mass is 9.96. The van der Waals surface area contributed by atoms with Crippen LogP contribution in [0.25, 0.3) is 0 Å². The van der Waals surface area contributed by atoms with E-state index >= 15 is 0 Å². The zero-order valence-corrected chi connectivity index (χ0v) is 14.7. The smallest absolute Gasteiger partial charge is 0.224 e. The molecule has 0 bridgehead atoms. The number of benzene rings is 2. The minimum atomic E-state index is 0.0882. The molecule has 1 aliphatic heterocycles. The number of carbonyl (C=O) groups excluding carboxylic acids is 1. The minimum absolute atomic E-state index is 0.0882. The molecule has 2 aromatic carbocycles. The topological polar surface area (TPSA) is 50.4 Å². The van der Waals surface area contributed by atoms with Crippen LogP contribution < -0.4 is 10.6 Å². The van der Waals surface area contributed by atoms with Gasteiger partial charge in [0.25, 0.3) is 0 Å². The van der Waals surface area contributed by atoms with E-state index in [-0.39, 0.29) is 11.9 Å². The van der Waals surface area contributed by atoms with Crippen LogP contribution in [0.4, 0.5) is 11.4 Å². The standard InChI is InChI=1S/C21H26N2O2/c1-16(18-5-3-2-4-6-18)22-19-7-9-20(10-8-19)23-21(24)15-17-11-13-25-14-12-17/h2-10,16-17,22H,11-15H2,1H3,(H,23,24)/t16-/m1/s1. The van der Waals surface area contributed by atoms with E-state index in [4.69, 9.17) is 4.74 Å². The predicted octanol–water partition coefficient (Wildman–Crippen LogP) is 4.61. The molecule has 2 N–H and O–H groups in total. The molecule has 0 spiro atoms. The van der Waals surface area contributed by atoms with Gasteiger partial charge in [-0.1, -0.05) is 30.3 Å². The number of nitrogens with one attached hydrogen (secondary N) is 2. The van der Waals surface area contributed by atoms with Crippen LogP contribution in [-0.4, -0.2) is 19.1 Å². The molecule has 1 fully saturated rings. The van der Waals surface area contributed by atoms with E-state index in [0.717, 1.165) is 37.4 Å². The fourth-order valence-corrected chi connectivity index (χ4v) is 3.15. The van der Waals surface area contributed by atoms with Crippen molar-refractivity contribution in [2.24, 2.45) is 5.92 Å². The molecule has 0 saturated carbocycles. The summed E-state index contributed by atoms with van der Waals surface area (Å²) < 4.78 is 5.34. The van der Waals surface area contributed by atoms with E-state index in [1.54, 1.807) is 0 Å². The van der Waals surface area contributed by atoms with Crippen molar-refractivity contribution < 1.29 is 9.53 Å². The molecule has 1 atom stereocenters. The van der Waals surface area contributed by atoms with Crippen LogP contribution >= 0.6 is 0 Å². The Labute approximate surface area is 149 Å². The minimum Gasteiger partial charge on any atom is -0.381 e. The third kappa shape index (κ3) is 5.33. The first-order valence-electron chi connectivity index (χ1n) is 9.00. The van der Waals surface area contributed by atoms with E-state index in [9.17, 15) is 4.79 Å². The second kappa shape index (κ2) is 8.67. The molecule has 1 heterocycles. The first kappa shape index (κ1) is 17.5. The van der Waals surface area contributed by atoms with Gasteiger partial charge in [0.05, 0.1) is 0 Å². The first-order chi connectivity index (χ1) is 12.2. The molecular formula is C21H26N2O2. The van der Waals surface area contributed by atoms with Crippen LogP contribution in [0.15, 0.2) is 54.6 Å².